The summed E-state index contributed by atoms with van der Waals surface area (Å²) in [4.78, 5) is 8.56. The Kier molecular flexibility index (Phi) is 5.32. The zero-order valence-corrected chi connectivity index (χ0v) is 11.8. The minimum absolute atomic E-state index is 0.504. The minimum atomic E-state index is 0.504. The van der Waals surface area contributed by atoms with Crippen LogP contribution in [0.4, 0.5) is 5.69 Å². The van der Waals surface area contributed by atoms with Crippen LogP contribution < -0.4 is 10.1 Å². The van der Waals surface area contributed by atoms with Gasteiger partial charge in [-0.05, 0) is 24.6 Å². The monoisotopic (exact) mass is 273 g/mol. The fourth-order valence-electron chi connectivity index (χ4n) is 1.60. The maximum absolute atomic E-state index is 5.40. The van der Waals surface area contributed by atoms with Gasteiger partial charge in [-0.2, -0.15) is 0 Å². The van der Waals surface area contributed by atoms with Gasteiger partial charge < -0.3 is 14.8 Å². The Hall–Kier alpha value is -2.14. The number of anilines is 1. The smallest absolute Gasteiger partial charge is 0.213 e. The van der Waals surface area contributed by atoms with Crippen molar-refractivity contribution in [3.05, 3.63) is 47.9 Å². The van der Waals surface area contributed by atoms with Crippen molar-refractivity contribution in [2.45, 2.75) is 13.5 Å². The lowest BCUT2D eigenvalue weighted by atomic mass is 10.3. The van der Waals surface area contributed by atoms with Gasteiger partial charge in [0, 0.05) is 19.4 Å². The van der Waals surface area contributed by atoms with Gasteiger partial charge in [0.15, 0.2) is 0 Å². The van der Waals surface area contributed by atoms with Crippen LogP contribution in [-0.2, 0) is 11.3 Å². The van der Waals surface area contributed by atoms with Crippen molar-refractivity contribution in [1.82, 2.24) is 9.97 Å². The van der Waals surface area contributed by atoms with Crippen LogP contribution in [0, 0.1) is 6.92 Å². The second kappa shape index (κ2) is 7.45. The topological polar surface area (TPSA) is 56.3 Å². The summed E-state index contributed by atoms with van der Waals surface area (Å²) >= 11 is 0. The number of hydrogen-bond acceptors (Lipinski definition) is 5. The molecular formula is C15H19N3O2. The third-order valence-electron chi connectivity index (χ3n) is 2.72. The molecule has 0 amide bonds. The largest absolute Gasteiger partial charge is 0.475 e. The van der Waals surface area contributed by atoms with E-state index >= 15 is 0 Å². The average molecular weight is 273 g/mol. The van der Waals surface area contributed by atoms with E-state index in [1.165, 1.54) is 0 Å². The van der Waals surface area contributed by atoms with Crippen molar-refractivity contribution in [3.8, 4) is 5.88 Å². The SMILES string of the molecule is COCCOc1ccc(NCc2ccc(C)cn2)cn1. The van der Waals surface area contributed by atoms with Crippen LogP contribution >= 0.6 is 0 Å². The second-order valence-corrected chi connectivity index (χ2v) is 4.41. The Balaban J connectivity index is 1.82. The van der Waals surface area contributed by atoms with Gasteiger partial charge in [-0.25, -0.2) is 4.98 Å². The fraction of sp³-hybridized carbons (Fsp3) is 0.333. The van der Waals surface area contributed by atoms with Crippen LogP contribution in [0.2, 0.25) is 0 Å². The number of ether oxygens (including phenoxy) is 2. The maximum atomic E-state index is 5.40. The molecule has 0 fully saturated rings. The normalized spacial score (nSPS) is 10.3. The van der Waals surface area contributed by atoms with E-state index in [0.717, 1.165) is 16.9 Å². The number of nitrogens with zero attached hydrogens (tertiary/aromatic N) is 2. The number of hydrogen-bond donors (Lipinski definition) is 1. The molecule has 20 heavy (non-hydrogen) atoms. The Labute approximate surface area is 119 Å². The van der Waals surface area contributed by atoms with E-state index in [0.29, 0.717) is 25.6 Å². The Morgan fingerprint density at radius 2 is 1.95 bits per heavy atom. The third kappa shape index (κ3) is 4.51. The van der Waals surface area contributed by atoms with Crippen LogP contribution in [0.25, 0.3) is 0 Å². The molecule has 0 saturated heterocycles. The molecule has 5 heteroatoms. The number of methoxy groups -OCH3 is 1. The van der Waals surface area contributed by atoms with E-state index in [1.54, 1.807) is 13.3 Å². The molecule has 0 radical (unpaired) electrons. The van der Waals surface area contributed by atoms with Crippen LogP contribution in [0.15, 0.2) is 36.7 Å². The van der Waals surface area contributed by atoms with Crippen molar-refractivity contribution in [2.24, 2.45) is 0 Å². The van der Waals surface area contributed by atoms with Gasteiger partial charge in [0.25, 0.3) is 0 Å². The standard InChI is InChI=1S/C15H19N3O2/c1-12-3-4-13(16-9-12)10-17-14-5-6-15(18-11-14)20-8-7-19-2/h3-6,9,11,17H,7-8,10H2,1-2H3. The maximum Gasteiger partial charge on any atom is 0.213 e. The highest BCUT2D eigenvalue weighted by atomic mass is 16.5. The zero-order valence-electron chi connectivity index (χ0n) is 11.8. The predicted octanol–water partition coefficient (Wildman–Crippen LogP) is 2.42. The molecule has 0 aliphatic heterocycles. The lowest BCUT2D eigenvalue weighted by Gasteiger charge is -2.07. The molecule has 0 aliphatic carbocycles. The van der Waals surface area contributed by atoms with Crippen molar-refractivity contribution >= 4 is 5.69 Å². The first-order valence-electron chi connectivity index (χ1n) is 6.51. The van der Waals surface area contributed by atoms with Crippen LogP contribution in [0.3, 0.4) is 0 Å². The molecule has 2 aromatic rings. The van der Waals surface area contributed by atoms with Gasteiger partial charge in [-0.1, -0.05) is 6.07 Å². The summed E-state index contributed by atoms with van der Waals surface area (Å²) in [5.74, 6) is 0.598. The molecule has 2 aromatic heterocycles. The first-order valence-corrected chi connectivity index (χ1v) is 6.51. The third-order valence-corrected chi connectivity index (χ3v) is 2.72. The molecule has 1 N–H and O–H groups in total. The number of nitrogens with one attached hydrogen (secondary N) is 1. The summed E-state index contributed by atoms with van der Waals surface area (Å²) in [6.45, 7) is 3.76. The van der Waals surface area contributed by atoms with Gasteiger partial charge >= 0.3 is 0 Å². The molecule has 0 unspecified atom stereocenters. The predicted molar refractivity (Wildman–Crippen MR) is 77.9 cm³/mol. The van der Waals surface area contributed by atoms with E-state index in [1.807, 2.05) is 31.3 Å². The highest BCUT2D eigenvalue weighted by Crippen LogP contribution is 2.12. The highest BCUT2D eigenvalue weighted by Gasteiger charge is 1.98. The van der Waals surface area contributed by atoms with E-state index in [2.05, 4.69) is 21.4 Å². The zero-order chi connectivity index (χ0) is 14.2. The minimum Gasteiger partial charge on any atom is -0.475 e. The van der Waals surface area contributed by atoms with E-state index in [9.17, 15) is 0 Å². The first-order chi connectivity index (χ1) is 9.78. The molecular weight excluding hydrogens is 254 g/mol. The number of aromatic nitrogens is 2. The number of pyridine rings is 2. The fourth-order valence-corrected chi connectivity index (χ4v) is 1.60. The van der Waals surface area contributed by atoms with Crippen molar-refractivity contribution in [3.63, 3.8) is 0 Å². The van der Waals surface area contributed by atoms with E-state index in [-0.39, 0.29) is 0 Å². The molecule has 106 valence electrons. The van der Waals surface area contributed by atoms with E-state index in [4.69, 9.17) is 9.47 Å². The van der Waals surface area contributed by atoms with Crippen molar-refractivity contribution in [1.29, 1.82) is 0 Å². The molecule has 0 atom stereocenters. The quantitative estimate of drug-likeness (QED) is 0.785. The van der Waals surface area contributed by atoms with Gasteiger partial charge in [0.1, 0.15) is 6.61 Å². The summed E-state index contributed by atoms with van der Waals surface area (Å²) in [5, 5.41) is 3.27. The summed E-state index contributed by atoms with van der Waals surface area (Å²) in [6, 6.07) is 7.83. The molecule has 0 aromatic carbocycles. The molecule has 5 nitrogen and oxygen atoms in total. The van der Waals surface area contributed by atoms with Crippen LogP contribution in [0.5, 0.6) is 5.88 Å². The van der Waals surface area contributed by atoms with Crippen molar-refractivity contribution < 1.29 is 9.47 Å². The summed E-state index contributed by atoms with van der Waals surface area (Å²) in [7, 11) is 1.64. The van der Waals surface area contributed by atoms with Gasteiger partial charge in [-0.3, -0.25) is 4.98 Å². The van der Waals surface area contributed by atoms with Crippen LogP contribution in [-0.4, -0.2) is 30.3 Å². The molecule has 0 saturated carbocycles. The van der Waals surface area contributed by atoms with Gasteiger partial charge in [0.2, 0.25) is 5.88 Å². The number of rotatable bonds is 7. The molecule has 0 spiro atoms. The lowest BCUT2D eigenvalue weighted by molar-refractivity contribution is 0.144. The second-order valence-electron chi connectivity index (χ2n) is 4.41. The number of aryl methyl sites for hydroxylation is 1. The van der Waals surface area contributed by atoms with Gasteiger partial charge in [0.05, 0.1) is 30.7 Å². The first kappa shape index (κ1) is 14.3. The molecule has 0 bridgehead atoms. The molecule has 2 rings (SSSR count). The van der Waals surface area contributed by atoms with Crippen molar-refractivity contribution in [2.75, 3.05) is 25.6 Å². The Morgan fingerprint density at radius 3 is 2.60 bits per heavy atom. The van der Waals surface area contributed by atoms with E-state index < -0.39 is 0 Å². The lowest BCUT2D eigenvalue weighted by Crippen LogP contribution is -2.06. The molecule has 0 aliphatic rings. The average Bonchev–Trinajstić information content (AvgIpc) is 2.48. The summed E-state index contributed by atoms with van der Waals surface area (Å²) in [6.07, 6.45) is 3.61. The highest BCUT2D eigenvalue weighted by molar-refractivity contribution is 5.42. The Bertz CT molecular complexity index is 512. The summed E-state index contributed by atoms with van der Waals surface area (Å²) < 4.78 is 10.3. The van der Waals surface area contributed by atoms with Crippen LogP contribution in [0.1, 0.15) is 11.3 Å². The molecule has 2 heterocycles. The summed E-state index contributed by atoms with van der Waals surface area (Å²) in [5.41, 5.74) is 3.09. The Morgan fingerprint density at radius 1 is 1.05 bits per heavy atom. The van der Waals surface area contributed by atoms with Gasteiger partial charge in [-0.15, -0.1) is 0 Å².